The Morgan fingerprint density at radius 1 is 1.10 bits per heavy atom. The molecule has 2 heteroatoms. The molecule has 0 radical (unpaired) electrons. The molecule has 3 rings (SSSR count). The summed E-state index contributed by atoms with van der Waals surface area (Å²) in [5, 5.41) is 9.60. The van der Waals surface area contributed by atoms with Crippen LogP contribution in [0.5, 0.6) is 5.75 Å². The number of phenolic OH excluding ortho intramolecular Hbond substituents is 1. The molecule has 0 saturated heterocycles. The molecule has 0 spiro atoms. The first kappa shape index (κ1) is 13.0. The molecular weight excluding hydrogens is 246 g/mol. The van der Waals surface area contributed by atoms with Gasteiger partial charge < -0.3 is 10.0 Å². The van der Waals surface area contributed by atoms with Crippen molar-refractivity contribution >= 4 is 5.69 Å². The van der Waals surface area contributed by atoms with E-state index in [2.05, 4.69) is 50.1 Å². The maximum atomic E-state index is 9.60. The minimum absolute atomic E-state index is 0.374. The quantitative estimate of drug-likeness (QED) is 0.884. The number of nitrogens with zero attached hydrogens (tertiary/aromatic N) is 1. The molecule has 1 aliphatic carbocycles. The zero-order valence-electron chi connectivity index (χ0n) is 12.4. The number of rotatable bonds is 2. The van der Waals surface area contributed by atoms with Gasteiger partial charge in [0.2, 0.25) is 0 Å². The summed E-state index contributed by atoms with van der Waals surface area (Å²) in [5.74, 6) is 0.374. The third-order valence-electron chi connectivity index (χ3n) is 4.37. The van der Waals surface area contributed by atoms with E-state index < -0.39 is 0 Å². The summed E-state index contributed by atoms with van der Waals surface area (Å²) in [6.45, 7) is 4.30. The van der Waals surface area contributed by atoms with E-state index in [0.29, 0.717) is 11.8 Å². The monoisotopic (exact) mass is 267 g/mol. The van der Waals surface area contributed by atoms with Gasteiger partial charge in [0.15, 0.2) is 0 Å². The molecule has 0 fully saturated rings. The predicted octanol–water partition coefficient (Wildman–Crippen LogP) is 4.13. The van der Waals surface area contributed by atoms with Crippen molar-refractivity contribution < 1.29 is 5.11 Å². The fourth-order valence-electron chi connectivity index (χ4n) is 3.35. The highest BCUT2D eigenvalue weighted by atomic mass is 16.3. The maximum absolute atomic E-state index is 9.60. The largest absolute Gasteiger partial charge is 0.508 e. The van der Waals surface area contributed by atoms with E-state index in [1.54, 1.807) is 6.07 Å². The number of hydrogen-bond donors (Lipinski definition) is 1. The second kappa shape index (κ2) is 4.86. The van der Waals surface area contributed by atoms with Gasteiger partial charge in [-0.1, -0.05) is 23.8 Å². The van der Waals surface area contributed by atoms with E-state index in [9.17, 15) is 5.11 Å². The van der Waals surface area contributed by atoms with Crippen LogP contribution in [0, 0.1) is 13.8 Å². The second-order valence-electron chi connectivity index (χ2n) is 5.84. The highest BCUT2D eigenvalue weighted by Crippen LogP contribution is 2.39. The van der Waals surface area contributed by atoms with Crippen LogP contribution in [0.4, 0.5) is 5.69 Å². The lowest BCUT2D eigenvalue weighted by Crippen LogP contribution is -2.23. The van der Waals surface area contributed by atoms with Crippen molar-refractivity contribution in [1.29, 1.82) is 0 Å². The highest BCUT2D eigenvalue weighted by Gasteiger charge is 2.26. The maximum Gasteiger partial charge on any atom is 0.115 e. The number of hydrogen-bond acceptors (Lipinski definition) is 2. The Morgan fingerprint density at radius 3 is 2.65 bits per heavy atom. The second-order valence-corrected chi connectivity index (χ2v) is 5.84. The molecule has 1 atom stereocenters. The number of aromatic hydroxyl groups is 1. The van der Waals surface area contributed by atoms with E-state index in [1.165, 1.54) is 27.9 Å². The van der Waals surface area contributed by atoms with Crippen molar-refractivity contribution in [3.8, 4) is 5.75 Å². The van der Waals surface area contributed by atoms with Gasteiger partial charge in [0, 0.05) is 12.7 Å². The number of anilines is 1. The molecule has 1 aliphatic rings. The van der Waals surface area contributed by atoms with Gasteiger partial charge in [-0.15, -0.1) is 0 Å². The Morgan fingerprint density at radius 2 is 1.90 bits per heavy atom. The Balaban J connectivity index is 1.95. The molecule has 2 aromatic carbocycles. The average Bonchev–Trinajstić information content (AvgIpc) is 2.80. The molecule has 0 saturated carbocycles. The zero-order valence-corrected chi connectivity index (χ0v) is 12.4. The first-order valence-electron chi connectivity index (χ1n) is 7.18. The summed E-state index contributed by atoms with van der Waals surface area (Å²) in [5.41, 5.74) is 6.55. The number of benzene rings is 2. The normalized spacial score (nSPS) is 17.1. The molecule has 104 valence electrons. The fraction of sp³-hybridized carbons (Fsp3) is 0.333. The smallest absolute Gasteiger partial charge is 0.115 e. The predicted molar refractivity (Wildman–Crippen MR) is 83.5 cm³/mol. The molecule has 20 heavy (non-hydrogen) atoms. The van der Waals surface area contributed by atoms with Gasteiger partial charge in [-0.2, -0.15) is 0 Å². The van der Waals surface area contributed by atoms with Crippen molar-refractivity contribution in [3.63, 3.8) is 0 Å². The third-order valence-corrected chi connectivity index (χ3v) is 4.37. The topological polar surface area (TPSA) is 23.5 Å². The Bertz CT molecular complexity index is 648. The summed E-state index contributed by atoms with van der Waals surface area (Å²) in [7, 11) is 2.17. The van der Waals surface area contributed by atoms with Crippen LogP contribution < -0.4 is 4.90 Å². The van der Waals surface area contributed by atoms with Crippen LogP contribution >= 0.6 is 0 Å². The standard InChI is InChI=1S/C18H21NO/c1-12-4-8-17(13(2)10-12)19(3)18-9-5-14-11-15(20)6-7-16(14)18/h4,6-8,10-11,18,20H,5,9H2,1-3H3. The fourth-order valence-corrected chi connectivity index (χ4v) is 3.35. The molecule has 2 aromatic rings. The number of phenols is 1. The average molecular weight is 267 g/mol. The minimum atomic E-state index is 0.374. The van der Waals surface area contributed by atoms with Gasteiger partial charge in [-0.3, -0.25) is 0 Å². The van der Waals surface area contributed by atoms with E-state index in [4.69, 9.17) is 0 Å². The number of fused-ring (bicyclic) bond motifs is 1. The highest BCUT2D eigenvalue weighted by molar-refractivity contribution is 5.57. The summed E-state index contributed by atoms with van der Waals surface area (Å²) in [6.07, 6.45) is 2.16. The zero-order chi connectivity index (χ0) is 14.3. The summed E-state index contributed by atoms with van der Waals surface area (Å²) in [4.78, 5) is 2.37. The minimum Gasteiger partial charge on any atom is -0.508 e. The van der Waals surface area contributed by atoms with Crippen molar-refractivity contribution in [2.75, 3.05) is 11.9 Å². The molecule has 0 aromatic heterocycles. The van der Waals surface area contributed by atoms with Gasteiger partial charge in [0.1, 0.15) is 5.75 Å². The van der Waals surface area contributed by atoms with Crippen LogP contribution in [0.15, 0.2) is 36.4 Å². The van der Waals surface area contributed by atoms with Crippen LogP contribution in [-0.2, 0) is 6.42 Å². The summed E-state index contributed by atoms with van der Waals surface area (Å²) < 4.78 is 0. The Hall–Kier alpha value is -1.96. The SMILES string of the molecule is Cc1ccc(N(C)C2CCc3cc(O)ccc32)c(C)c1. The lowest BCUT2D eigenvalue weighted by Gasteiger charge is -2.29. The van der Waals surface area contributed by atoms with Crippen molar-refractivity contribution in [3.05, 3.63) is 58.7 Å². The summed E-state index contributed by atoms with van der Waals surface area (Å²) >= 11 is 0. The third kappa shape index (κ3) is 2.15. The lowest BCUT2D eigenvalue weighted by molar-refractivity contribution is 0.474. The van der Waals surface area contributed by atoms with Crippen LogP contribution in [0.25, 0.3) is 0 Å². The van der Waals surface area contributed by atoms with Crippen LogP contribution in [0.3, 0.4) is 0 Å². The molecule has 1 unspecified atom stereocenters. The first-order valence-corrected chi connectivity index (χ1v) is 7.18. The van der Waals surface area contributed by atoms with Crippen molar-refractivity contribution in [2.45, 2.75) is 32.7 Å². The van der Waals surface area contributed by atoms with Crippen molar-refractivity contribution in [1.82, 2.24) is 0 Å². The van der Waals surface area contributed by atoms with Gasteiger partial charge in [-0.25, -0.2) is 0 Å². The van der Waals surface area contributed by atoms with E-state index in [-0.39, 0.29) is 0 Å². The van der Waals surface area contributed by atoms with Gasteiger partial charge >= 0.3 is 0 Å². The molecule has 0 aliphatic heterocycles. The first-order chi connectivity index (χ1) is 9.56. The Labute approximate surface area is 120 Å². The number of aryl methyl sites for hydroxylation is 3. The van der Waals surface area contributed by atoms with Gasteiger partial charge in [-0.05, 0) is 61.6 Å². The lowest BCUT2D eigenvalue weighted by atomic mass is 10.0. The summed E-state index contributed by atoms with van der Waals surface area (Å²) in [6, 6.07) is 12.8. The molecule has 0 amide bonds. The van der Waals surface area contributed by atoms with Gasteiger partial charge in [0.25, 0.3) is 0 Å². The van der Waals surface area contributed by atoms with Crippen LogP contribution in [0.1, 0.15) is 34.7 Å². The van der Waals surface area contributed by atoms with Crippen LogP contribution in [0.2, 0.25) is 0 Å². The van der Waals surface area contributed by atoms with Gasteiger partial charge in [0.05, 0.1) is 6.04 Å². The van der Waals surface area contributed by atoms with E-state index in [1.807, 2.05) is 6.07 Å². The molecule has 2 nitrogen and oxygen atoms in total. The van der Waals surface area contributed by atoms with E-state index in [0.717, 1.165) is 12.8 Å². The Kier molecular flexibility index (Phi) is 3.17. The van der Waals surface area contributed by atoms with Crippen molar-refractivity contribution in [2.24, 2.45) is 0 Å². The van der Waals surface area contributed by atoms with E-state index >= 15 is 0 Å². The molecular formula is C18H21NO. The molecule has 0 heterocycles. The molecule has 1 N–H and O–H groups in total. The van der Waals surface area contributed by atoms with Crippen LogP contribution in [-0.4, -0.2) is 12.2 Å². The molecule has 0 bridgehead atoms.